The zero-order chi connectivity index (χ0) is 24.5. The zero-order valence-electron chi connectivity index (χ0n) is 19.6. The first-order valence-electron chi connectivity index (χ1n) is 11.4. The van der Waals surface area contributed by atoms with E-state index in [9.17, 15) is 19.7 Å². The van der Waals surface area contributed by atoms with Gasteiger partial charge in [0.2, 0.25) is 5.91 Å². The number of hydrogen-bond donors (Lipinski definition) is 1. The lowest BCUT2D eigenvalue weighted by Crippen LogP contribution is -2.38. The van der Waals surface area contributed by atoms with Gasteiger partial charge in [-0.25, -0.2) is 4.98 Å². The summed E-state index contributed by atoms with van der Waals surface area (Å²) in [6, 6.07) is 4.04. The molecular formula is C23H31N5O6. The summed E-state index contributed by atoms with van der Waals surface area (Å²) in [7, 11) is 0. The molecule has 11 heteroatoms. The molecule has 1 N–H and O–H groups in total. The normalized spacial score (nSPS) is 14.2. The van der Waals surface area contributed by atoms with Gasteiger partial charge in [-0.15, -0.1) is 0 Å². The Kier molecular flexibility index (Phi) is 9.11. The van der Waals surface area contributed by atoms with E-state index < -0.39 is 10.8 Å². The fourth-order valence-corrected chi connectivity index (χ4v) is 4.06. The lowest BCUT2D eigenvalue weighted by atomic mass is 9.95. The summed E-state index contributed by atoms with van der Waals surface area (Å²) in [4.78, 5) is 41.5. The van der Waals surface area contributed by atoms with Gasteiger partial charge in [0.25, 0.3) is 11.6 Å². The van der Waals surface area contributed by atoms with Crippen molar-refractivity contribution >= 4 is 23.2 Å². The van der Waals surface area contributed by atoms with Gasteiger partial charge in [-0.1, -0.05) is 0 Å². The number of nitrogens with one attached hydrogen (secondary N) is 1. The van der Waals surface area contributed by atoms with Gasteiger partial charge in [0, 0.05) is 63.2 Å². The lowest BCUT2D eigenvalue weighted by Gasteiger charge is -2.32. The van der Waals surface area contributed by atoms with E-state index in [1.807, 2.05) is 13.1 Å². The molecule has 0 spiro atoms. The summed E-state index contributed by atoms with van der Waals surface area (Å²) < 4.78 is 12.9. The molecule has 0 radical (unpaired) electrons. The molecule has 1 saturated heterocycles. The number of imidazole rings is 1. The van der Waals surface area contributed by atoms with Gasteiger partial charge < -0.3 is 24.3 Å². The molecule has 0 unspecified atom stereocenters. The van der Waals surface area contributed by atoms with E-state index >= 15 is 0 Å². The number of benzene rings is 1. The molecule has 0 bridgehead atoms. The first-order valence-corrected chi connectivity index (χ1v) is 11.4. The average Bonchev–Trinajstić information content (AvgIpc) is 3.29. The highest BCUT2D eigenvalue weighted by atomic mass is 16.6. The molecule has 2 aromatic rings. The second kappa shape index (κ2) is 12.2. The number of aromatic nitrogens is 2. The smallest absolute Gasteiger partial charge is 0.282 e. The molecule has 11 nitrogen and oxygen atoms in total. The minimum Gasteiger partial charge on any atom is -0.379 e. The van der Waals surface area contributed by atoms with Crippen LogP contribution >= 0.6 is 0 Å². The molecule has 1 aliphatic heterocycles. The van der Waals surface area contributed by atoms with E-state index in [0.29, 0.717) is 64.6 Å². The van der Waals surface area contributed by atoms with Crippen LogP contribution in [0.2, 0.25) is 0 Å². The molecule has 2 amide bonds. The highest BCUT2D eigenvalue weighted by Crippen LogP contribution is 2.30. The molecule has 0 aliphatic carbocycles. The van der Waals surface area contributed by atoms with Crippen molar-refractivity contribution in [3.63, 3.8) is 0 Å². The number of anilines is 1. The molecule has 1 aliphatic rings. The summed E-state index contributed by atoms with van der Waals surface area (Å²) in [6.45, 7) is 7.24. The van der Waals surface area contributed by atoms with E-state index in [1.54, 1.807) is 11.1 Å². The van der Waals surface area contributed by atoms with Crippen LogP contribution in [0, 0.1) is 10.1 Å². The highest BCUT2D eigenvalue weighted by Gasteiger charge is 2.30. The number of ether oxygens (including phenoxy) is 2. The Balaban J connectivity index is 1.60. The number of rotatable bonds is 11. The molecule has 1 fully saturated rings. The van der Waals surface area contributed by atoms with Crippen LogP contribution < -0.4 is 5.32 Å². The number of amides is 2. The Morgan fingerprint density at radius 1 is 1.21 bits per heavy atom. The summed E-state index contributed by atoms with van der Waals surface area (Å²) in [5, 5.41) is 14.0. The quantitative estimate of drug-likeness (QED) is 0.302. The van der Waals surface area contributed by atoms with E-state index in [-0.39, 0.29) is 23.1 Å². The molecule has 0 saturated carbocycles. The van der Waals surface area contributed by atoms with Gasteiger partial charge in [-0.3, -0.25) is 19.7 Å². The number of nitro benzene ring substituents is 1. The van der Waals surface area contributed by atoms with Crippen molar-refractivity contribution in [1.29, 1.82) is 0 Å². The van der Waals surface area contributed by atoms with Gasteiger partial charge in [0.1, 0.15) is 11.4 Å². The summed E-state index contributed by atoms with van der Waals surface area (Å²) in [6.07, 6.45) is 5.10. The minimum atomic E-state index is -0.579. The summed E-state index contributed by atoms with van der Waals surface area (Å²) in [5.74, 6) is 0.411. The predicted octanol–water partition coefficient (Wildman–Crippen LogP) is 2.82. The first-order chi connectivity index (χ1) is 16.4. The standard InChI is InChI=1S/C23H31N5O6/c1-3-33-14-15-34-13-12-26-11-8-24-22(26)18-6-9-27(10-7-18)23(30)20-16-19(25-17(2)29)4-5-21(20)28(31)32/h4-5,8,11,16,18H,3,6-7,9-10,12-15H2,1-2H3,(H,25,29). The fourth-order valence-electron chi connectivity index (χ4n) is 4.06. The minimum absolute atomic E-state index is 0.0274. The zero-order valence-corrected chi connectivity index (χ0v) is 19.6. The topological polar surface area (TPSA) is 129 Å². The van der Waals surface area contributed by atoms with Crippen LogP contribution in [-0.4, -0.2) is 70.7 Å². The third-order valence-corrected chi connectivity index (χ3v) is 5.69. The SMILES string of the molecule is CCOCCOCCn1ccnc1C1CCN(C(=O)c2cc(NC(C)=O)ccc2[N+](=O)[O-])CC1. The predicted molar refractivity (Wildman–Crippen MR) is 125 cm³/mol. The number of carbonyl (C=O) groups is 2. The Morgan fingerprint density at radius 3 is 2.62 bits per heavy atom. The number of likely N-dealkylation sites (tertiary alicyclic amines) is 1. The van der Waals surface area contributed by atoms with Gasteiger partial charge in [-0.05, 0) is 31.9 Å². The van der Waals surface area contributed by atoms with Crippen LogP contribution in [0.15, 0.2) is 30.6 Å². The van der Waals surface area contributed by atoms with Crippen molar-refractivity contribution < 1.29 is 24.0 Å². The maximum Gasteiger partial charge on any atom is 0.282 e. The average molecular weight is 474 g/mol. The van der Waals surface area contributed by atoms with Crippen LogP contribution in [0.3, 0.4) is 0 Å². The van der Waals surface area contributed by atoms with Crippen LogP contribution in [0.1, 0.15) is 48.8 Å². The second-order valence-electron chi connectivity index (χ2n) is 8.02. The number of nitrogens with zero attached hydrogens (tertiary/aromatic N) is 4. The van der Waals surface area contributed by atoms with Gasteiger partial charge in [-0.2, -0.15) is 0 Å². The van der Waals surface area contributed by atoms with Gasteiger partial charge >= 0.3 is 0 Å². The Morgan fingerprint density at radius 2 is 1.94 bits per heavy atom. The van der Waals surface area contributed by atoms with E-state index in [4.69, 9.17) is 9.47 Å². The molecule has 3 rings (SSSR count). The van der Waals surface area contributed by atoms with Crippen molar-refractivity contribution in [1.82, 2.24) is 14.5 Å². The number of carbonyl (C=O) groups excluding carboxylic acids is 2. The summed E-state index contributed by atoms with van der Waals surface area (Å²) in [5.41, 5.74) is 0.0448. The van der Waals surface area contributed by atoms with E-state index in [0.717, 1.165) is 5.82 Å². The maximum atomic E-state index is 13.1. The van der Waals surface area contributed by atoms with Crippen molar-refractivity contribution in [2.75, 3.05) is 44.8 Å². The Bertz CT molecular complexity index is 999. The third kappa shape index (κ3) is 6.61. The second-order valence-corrected chi connectivity index (χ2v) is 8.02. The van der Waals surface area contributed by atoms with E-state index in [2.05, 4.69) is 14.9 Å². The molecule has 2 heterocycles. The number of hydrogen-bond acceptors (Lipinski definition) is 7. The maximum absolute atomic E-state index is 13.1. The van der Waals surface area contributed by atoms with Gasteiger partial charge in [0.15, 0.2) is 0 Å². The van der Waals surface area contributed by atoms with Crippen molar-refractivity contribution in [3.8, 4) is 0 Å². The summed E-state index contributed by atoms with van der Waals surface area (Å²) >= 11 is 0. The molecule has 1 aromatic heterocycles. The van der Waals surface area contributed by atoms with Gasteiger partial charge in [0.05, 0.1) is 24.7 Å². The van der Waals surface area contributed by atoms with Crippen LogP contribution in [-0.2, 0) is 20.8 Å². The first kappa shape index (κ1) is 25.3. The van der Waals surface area contributed by atoms with Crippen LogP contribution in [0.25, 0.3) is 0 Å². The Hall–Kier alpha value is -3.31. The van der Waals surface area contributed by atoms with Crippen LogP contribution in [0.4, 0.5) is 11.4 Å². The number of nitro groups is 1. The van der Waals surface area contributed by atoms with Crippen molar-refractivity contribution in [2.24, 2.45) is 0 Å². The molecule has 1 aromatic carbocycles. The number of piperidine rings is 1. The Labute approximate surface area is 198 Å². The third-order valence-electron chi connectivity index (χ3n) is 5.69. The van der Waals surface area contributed by atoms with E-state index in [1.165, 1.54) is 25.1 Å². The largest absolute Gasteiger partial charge is 0.379 e. The molecular weight excluding hydrogens is 442 g/mol. The monoisotopic (exact) mass is 473 g/mol. The molecule has 184 valence electrons. The highest BCUT2D eigenvalue weighted by molar-refractivity contribution is 6.00. The van der Waals surface area contributed by atoms with Crippen molar-refractivity contribution in [3.05, 3.63) is 52.1 Å². The lowest BCUT2D eigenvalue weighted by molar-refractivity contribution is -0.385. The van der Waals surface area contributed by atoms with Crippen molar-refractivity contribution in [2.45, 2.75) is 39.2 Å². The molecule has 0 atom stereocenters. The van der Waals surface area contributed by atoms with Crippen LogP contribution in [0.5, 0.6) is 0 Å². The molecule has 34 heavy (non-hydrogen) atoms. The fraction of sp³-hybridized carbons (Fsp3) is 0.522.